The monoisotopic (exact) mass is 227 g/mol. The van der Waals surface area contributed by atoms with Gasteiger partial charge in [0.15, 0.2) is 0 Å². The highest BCUT2D eigenvalue weighted by atomic mass is 35.5. The van der Waals surface area contributed by atoms with E-state index in [1.54, 1.807) is 0 Å². The Bertz CT molecular complexity index is 342. The average Bonchev–Trinajstić information content (AvgIpc) is 2.12. The number of rotatable bonds is 2. The molecule has 2 N–H and O–H groups in total. The quantitative estimate of drug-likeness (QED) is 0.610. The fourth-order valence-electron chi connectivity index (χ4n) is 0.974. The van der Waals surface area contributed by atoms with Crippen molar-refractivity contribution in [1.82, 2.24) is 0 Å². The largest absolute Gasteiger partial charge is 0.319 e. The molecule has 14 heavy (non-hydrogen) atoms. The van der Waals surface area contributed by atoms with Gasteiger partial charge in [-0.15, -0.1) is 0 Å². The third kappa shape index (κ3) is 1.99. The Balaban J connectivity index is 3.25. The SMILES string of the molecule is N[C@H](c1c(F)ccc(F)c1Cl)C(F)F. The van der Waals surface area contributed by atoms with Gasteiger partial charge in [0.1, 0.15) is 11.6 Å². The van der Waals surface area contributed by atoms with Crippen LogP contribution in [0.15, 0.2) is 12.1 Å². The molecule has 0 saturated carbocycles. The topological polar surface area (TPSA) is 26.0 Å². The lowest BCUT2D eigenvalue weighted by Crippen LogP contribution is -2.21. The number of halogens is 5. The van der Waals surface area contributed by atoms with Gasteiger partial charge in [-0.2, -0.15) is 0 Å². The van der Waals surface area contributed by atoms with Gasteiger partial charge in [0.05, 0.1) is 11.1 Å². The van der Waals surface area contributed by atoms with Gasteiger partial charge >= 0.3 is 0 Å². The molecule has 0 fully saturated rings. The summed E-state index contributed by atoms with van der Waals surface area (Å²) in [6, 6.07) is -0.462. The van der Waals surface area contributed by atoms with Gasteiger partial charge < -0.3 is 5.73 Å². The summed E-state index contributed by atoms with van der Waals surface area (Å²) >= 11 is 5.31. The summed E-state index contributed by atoms with van der Waals surface area (Å²) < 4.78 is 50.0. The number of hydrogen-bond donors (Lipinski definition) is 1. The minimum atomic E-state index is -3.00. The molecule has 1 atom stereocenters. The fraction of sp³-hybridized carbons (Fsp3) is 0.250. The Morgan fingerprint density at radius 1 is 1.14 bits per heavy atom. The minimum absolute atomic E-state index is 0.693. The molecule has 6 heteroatoms. The fourth-order valence-corrected chi connectivity index (χ4v) is 1.25. The van der Waals surface area contributed by atoms with Crippen molar-refractivity contribution in [3.8, 4) is 0 Å². The molecule has 0 aromatic heterocycles. The van der Waals surface area contributed by atoms with Crippen molar-refractivity contribution in [1.29, 1.82) is 0 Å². The molecule has 1 aromatic carbocycles. The van der Waals surface area contributed by atoms with E-state index in [-0.39, 0.29) is 0 Å². The summed E-state index contributed by atoms with van der Waals surface area (Å²) in [6.45, 7) is 0. The van der Waals surface area contributed by atoms with Crippen LogP contribution in [0.25, 0.3) is 0 Å². The highest BCUT2D eigenvalue weighted by molar-refractivity contribution is 6.31. The Labute approximate surface area is 82.5 Å². The van der Waals surface area contributed by atoms with Crippen LogP contribution in [-0.4, -0.2) is 6.43 Å². The first kappa shape index (κ1) is 11.3. The van der Waals surface area contributed by atoms with Crippen LogP contribution in [0, 0.1) is 11.6 Å². The van der Waals surface area contributed by atoms with Gasteiger partial charge in [0.25, 0.3) is 6.43 Å². The van der Waals surface area contributed by atoms with Crippen molar-refractivity contribution < 1.29 is 17.6 Å². The third-order valence-corrected chi connectivity index (χ3v) is 2.07. The standard InChI is InChI=1S/C8H6ClF4N/c9-6-4(11)2-1-3(10)5(6)7(14)8(12)13/h1-2,7-8H,14H2/t7-/m1/s1. The number of nitrogens with two attached hydrogens (primary N) is 1. The van der Waals surface area contributed by atoms with Crippen LogP contribution in [0.3, 0.4) is 0 Å². The molecule has 0 saturated heterocycles. The van der Waals surface area contributed by atoms with Crippen molar-refractivity contribution in [3.05, 3.63) is 34.4 Å². The molecular weight excluding hydrogens is 222 g/mol. The molecule has 0 aliphatic rings. The Morgan fingerprint density at radius 3 is 2.14 bits per heavy atom. The van der Waals surface area contributed by atoms with Crippen LogP contribution < -0.4 is 5.73 Å². The van der Waals surface area contributed by atoms with Gasteiger partial charge in [0.2, 0.25) is 0 Å². The van der Waals surface area contributed by atoms with Crippen molar-refractivity contribution >= 4 is 11.6 Å². The first-order chi connectivity index (χ1) is 6.45. The number of alkyl halides is 2. The predicted molar refractivity (Wildman–Crippen MR) is 44.3 cm³/mol. The summed E-state index contributed by atoms with van der Waals surface area (Å²) in [6.07, 6.45) is -3.00. The maximum absolute atomic E-state index is 13.0. The van der Waals surface area contributed by atoms with Crippen LogP contribution in [0.1, 0.15) is 11.6 Å². The maximum Gasteiger partial charge on any atom is 0.257 e. The summed E-state index contributed by atoms with van der Waals surface area (Å²) in [4.78, 5) is 0. The van der Waals surface area contributed by atoms with Gasteiger partial charge in [-0.25, -0.2) is 17.6 Å². The lowest BCUT2D eigenvalue weighted by Gasteiger charge is -2.13. The third-order valence-electron chi connectivity index (χ3n) is 1.68. The van der Waals surface area contributed by atoms with E-state index >= 15 is 0 Å². The van der Waals surface area contributed by atoms with E-state index in [9.17, 15) is 17.6 Å². The van der Waals surface area contributed by atoms with E-state index in [1.807, 2.05) is 0 Å². The van der Waals surface area contributed by atoms with E-state index < -0.39 is 34.7 Å². The van der Waals surface area contributed by atoms with Gasteiger partial charge in [-0.05, 0) is 12.1 Å². The van der Waals surface area contributed by atoms with Gasteiger partial charge in [-0.1, -0.05) is 11.6 Å². The molecule has 1 rings (SSSR count). The van der Waals surface area contributed by atoms with Crippen LogP contribution >= 0.6 is 11.6 Å². The molecule has 0 radical (unpaired) electrons. The highest BCUT2D eigenvalue weighted by Gasteiger charge is 2.25. The molecule has 0 aliphatic carbocycles. The molecule has 0 heterocycles. The first-order valence-electron chi connectivity index (χ1n) is 3.62. The second-order valence-electron chi connectivity index (χ2n) is 2.62. The summed E-state index contributed by atoms with van der Waals surface area (Å²) in [5, 5.41) is -0.696. The predicted octanol–water partition coefficient (Wildman–Crippen LogP) is 2.88. The number of benzene rings is 1. The average molecular weight is 228 g/mol. The summed E-state index contributed by atoms with van der Waals surface area (Å²) in [7, 11) is 0. The molecule has 0 unspecified atom stereocenters. The molecule has 1 nitrogen and oxygen atoms in total. The van der Waals surface area contributed by atoms with Crippen LogP contribution in [0.4, 0.5) is 17.6 Å². The van der Waals surface area contributed by atoms with E-state index in [0.29, 0.717) is 6.07 Å². The van der Waals surface area contributed by atoms with Crippen molar-refractivity contribution in [2.75, 3.05) is 0 Å². The molecule has 1 aromatic rings. The van der Waals surface area contributed by atoms with Crippen LogP contribution in [0.5, 0.6) is 0 Å². The Morgan fingerprint density at radius 2 is 1.64 bits per heavy atom. The summed E-state index contributed by atoms with van der Waals surface area (Å²) in [5.41, 5.74) is 4.27. The van der Waals surface area contributed by atoms with E-state index in [2.05, 4.69) is 0 Å². The smallest absolute Gasteiger partial charge is 0.257 e. The second-order valence-corrected chi connectivity index (χ2v) is 3.00. The zero-order chi connectivity index (χ0) is 10.9. The first-order valence-corrected chi connectivity index (χ1v) is 4.00. The molecule has 78 valence electrons. The normalized spacial score (nSPS) is 13.4. The summed E-state index contributed by atoms with van der Waals surface area (Å²) in [5.74, 6) is -2.01. The maximum atomic E-state index is 13.0. The van der Waals surface area contributed by atoms with Gasteiger partial charge in [0, 0.05) is 5.56 Å². The van der Waals surface area contributed by atoms with E-state index in [0.717, 1.165) is 6.07 Å². The molecule has 0 amide bonds. The van der Waals surface area contributed by atoms with E-state index in [1.165, 1.54) is 0 Å². The molecule has 0 spiro atoms. The number of hydrogen-bond acceptors (Lipinski definition) is 1. The van der Waals surface area contributed by atoms with Gasteiger partial charge in [-0.3, -0.25) is 0 Å². The second kappa shape index (κ2) is 4.14. The van der Waals surface area contributed by atoms with Crippen molar-refractivity contribution in [2.24, 2.45) is 5.73 Å². The lowest BCUT2D eigenvalue weighted by molar-refractivity contribution is 0.114. The Kier molecular flexibility index (Phi) is 3.34. The highest BCUT2D eigenvalue weighted by Crippen LogP contribution is 2.30. The van der Waals surface area contributed by atoms with Crippen LogP contribution in [-0.2, 0) is 0 Å². The van der Waals surface area contributed by atoms with Crippen molar-refractivity contribution in [3.63, 3.8) is 0 Å². The van der Waals surface area contributed by atoms with Crippen LogP contribution in [0.2, 0.25) is 5.02 Å². The zero-order valence-corrected chi connectivity index (χ0v) is 7.53. The molecule has 0 bridgehead atoms. The lowest BCUT2D eigenvalue weighted by atomic mass is 10.1. The van der Waals surface area contributed by atoms with Crippen molar-refractivity contribution in [2.45, 2.75) is 12.5 Å². The molecule has 0 aliphatic heterocycles. The Hall–Kier alpha value is -0.810. The van der Waals surface area contributed by atoms with E-state index in [4.69, 9.17) is 17.3 Å². The minimum Gasteiger partial charge on any atom is -0.319 e. The molecular formula is C8H6ClF4N. The zero-order valence-electron chi connectivity index (χ0n) is 6.78.